The van der Waals surface area contributed by atoms with E-state index in [1.165, 1.54) is 4.90 Å². The van der Waals surface area contributed by atoms with Crippen LogP contribution >= 0.6 is 0 Å². The van der Waals surface area contributed by atoms with E-state index in [-0.39, 0.29) is 18.4 Å². The molecule has 2 aliphatic heterocycles. The monoisotopic (exact) mass is 395 g/mol. The van der Waals surface area contributed by atoms with Gasteiger partial charge in [0, 0.05) is 0 Å². The second-order valence-electron chi connectivity index (χ2n) is 7.36. The molecule has 0 aliphatic carbocycles. The number of benzene rings is 2. The van der Waals surface area contributed by atoms with Gasteiger partial charge in [0.1, 0.15) is 12.3 Å². The molecule has 29 heavy (non-hydrogen) atoms. The number of ether oxygens (including phenoxy) is 1. The maximum Gasteiger partial charge on any atom is 0.282 e. The normalized spacial score (nSPS) is 16.9. The van der Waals surface area contributed by atoms with E-state index in [2.05, 4.69) is 16.3 Å². The average Bonchev–Trinajstić information content (AvgIpc) is 2.74. The summed E-state index contributed by atoms with van der Waals surface area (Å²) in [5.41, 5.74) is 2.59. The van der Waals surface area contributed by atoms with Crippen LogP contribution in [0.25, 0.3) is 0 Å². The summed E-state index contributed by atoms with van der Waals surface area (Å²) in [5.74, 6) is 0.750. The number of hydrogen-bond acceptors (Lipinski definition) is 4. The standard InChI is InChI=1S/C22H26N4O3/c1-2-29-20-10-6-5-9-19(20)25-13-11-24(12-14-25)16-22(28)26-15-21(27)23-17-7-3-4-8-18(17)26/h3-10H,2,11-16H2,1H3,(H,23,27)/p+1. The van der Waals surface area contributed by atoms with Gasteiger partial charge < -0.3 is 19.9 Å². The van der Waals surface area contributed by atoms with E-state index < -0.39 is 0 Å². The molecule has 4 rings (SSSR count). The van der Waals surface area contributed by atoms with Gasteiger partial charge in [-0.3, -0.25) is 14.5 Å². The van der Waals surface area contributed by atoms with Gasteiger partial charge in [0.25, 0.3) is 5.91 Å². The van der Waals surface area contributed by atoms with Crippen molar-refractivity contribution in [2.45, 2.75) is 6.92 Å². The minimum absolute atomic E-state index is 0.00883. The topological polar surface area (TPSA) is 66.3 Å². The largest absolute Gasteiger partial charge is 0.492 e. The summed E-state index contributed by atoms with van der Waals surface area (Å²) < 4.78 is 5.76. The number of nitrogens with zero attached hydrogens (tertiary/aromatic N) is 2. The summed E-state index contributed by atoms with van der Waals surface area (Å²) in [6, 6.07) is 15.6. The van der Waals surface area contributed by atoms with Gasteiger partial charge in [-0.05, 0) is 31.2 Å². The first-order valence-corrected chi connectivity index (χ1v) is 10.2. The Bertz CT molecular complexity index is 893. The summed E-state index contributed by atoms with van der Waals surface area (Å²) in [6.45, 7) is 6.57. The number of para-hydroxylation sites is 4. The number of fused-ring (bicyclic) bond motifs is 1. The Morgan fingerprint density at radius 3 is 2.52 bits per heavy atom. The third-order valence-electron chi connectivity index (χ3n) is 5.45. The van der Waals surface area contributed by atoms with Crippen molar-refractivity contribution >= 4 is 28.9 Å². The number of rotatable bonds is 5. The second-order valence-corrected chi connectivity index (χ2v) is 7.36. The van der Waals surface area contributed by atoms with Crippen molar-refractivity contribution in [2.24, 2.45) is 0 Å². The van der Waals surface area contributed by atoms with Gasteiger partial charge >= 0.3 is 0 Å². The number of carbonyl (C=O) groups excluding carboxylic acids is 2. The molecule has 7 nitrogen and oxygen atoms in total. The molecule has 1 fully saturated rings. The lowest BCUT2D eigenvalue weighted by molar-refractivity contribution is -0.892. The molecular formula is C22H27N4O3+. The van der Waals surface area contributed by atoms with Gasteiger partial charge in [-0.2, -0.15) is 0 Å². The first kappa shape index (κ1) is 19.3. The Morgan fingerprint density at radius 1 is 1.07 bits per heavy atom. The fourth-order valence-corrected chi connectivity index (χ4v) is 4.00. The fourth-order valence-electron chi connectivity index (χ4n) is 4.00. The van der Waals surface area contributed by atoms with E-state index in [4.69, 9.17) is 4.74 Å². The number of carbonyl (C=O) groups is 2. The number of anilines is 3. The summed E-state index contributed by atoms with van der Waals surface area (Å²) in [6.07, 6.45) is 0. The van der Waals surface area contributed by atoms with E-state index >= 15 is 0 Å². The highest BCUT2D eigenvalue weighted by atomic mass is 16.5. The SMILES string of the molecule is CCOc1ccccc1N1CC[NH+](CC(=O)N2CC(=O)Nc3ccccc32)CC1. The molecule has 7 heteroatoms. The van der Waals surface area contributed by atoms with Crippen molar-refractivity contribution in [2.75, 3.05) is 61.0 Å². The average molecular weight is 395 g/mol. The van der Waals surface area contributed by atoms with E-state index in [1.54, 1.807) is 4.90 Å². The predicted molar refractivity (Wildman–Crippen MR) is 113 cm³/mol. The summed E-state index contributed by atoms with van der Waals surface area (Å²) >= 11 is 0. The molecule has 2 aromatic rings. The lowest BCUT2D eigenvalue weighted by atomic mass is 10.2. The number of amides is 2. The van der Waals surface area contributed by atoms with Gasteiger partial charge in [0.15, 0.2) is 6.54 Å². The molecule has 2 aliphatic rings. The molecule has 0 saturated carbocycles. The molecule has 2 aromatic carbocycles. The minimum atomic E-state index is -0.149. The number of nitrogens with one attached hydrogen (secondary N) is 2. The van der Waals surface area contributed by atoms with E-state index in [9.17, 15) is 9.59 Å². The third kappa shape index (κ3) is 4.19. The Balaban J connectivity index is 1.38. The molecular weight excluding hydrogens is 368 g/mol. The molecule has 0 bridgehead atoms. The molecule has 0 radical (unpaired) electrons. The van der Waals surface area contributed by atoms with Crippen molar-refractivity contribution in [1.29, 1.82) is 0 Å². The second kappa shape index (κ2) is 8.53. The summed E-state index contributed by atoms with van der Waals surface area (Å²) in [5, 5.41) is 2.83. The third-order valence-corrected chi connectivity index (χ3v) is 5.45. The van der Waals surface area contributed by atoms with Gasteiger partial charge in [0.2, 0.25) is 5.91 Å². The molecule has 0 unspecified atom stereocenters. The maximum absolute atomic E-state index is 13.0. The zero-order chi connectivity index (χ0) is 20.2. The van der Waals surface area contributed by atoms with Crippen molar-refractivity contribution in [3.8, 4) is 5.75 Å². The van der Waals surface area contributed by atoms with Gasteiger partial charge in [-0.1, -0.05) is 24.3 Å². The van der Waals surface area contributed by atoms with E-state index in [0.717, 1.165) is 43.3 Å². The van der Waals surface area contributed by atoms with Crippen LogP contribution in [0.2, 0.25) is 0 Å². The van der Waals surface area contributed by atoms with E-state index in [0.29, 0.717) is 18.8 Å². The lowest BCUT2D eigenvalue weighted by Gasteiger charge is -2.35. The number of hydrogen-bond donors (Lipinski definition) is 2. The smallest absolute Gasteiger partial charge is 0.282 e. The van der Waals surface area contributed by atoms with Crippen molar-refractivity contribution in [1.82, 2.24) is 0 Å². The van der Waals surface area contributed by atoms with Gasteiger partial charge in [0.05, 0.1) is 49.8 Å². The van der Waals surface area contributed by atoms with Crippen LogP contribution in [-0.2, 0) is 9.59 Å². The highest BCUT2D eigenvalue weighted by Gasteiger charge is 2.30. The first-order chi connectivity index (χ1) is 14.2. The van der Waals surface area contributed by atoms with Crippen LogP contribution in [0.3, 0.4) is 0 Å². The fraction of sp³-hybridized carbons (Fsp3) is 0.364. The van der Waals surface area contributed by atoms with Crippen LogP contribution in [0.5, 0.6) is 5.75 Å². The molecule has 2 amide bonds. The zero-order valence-corrected chi connectivity index (χ0v) is 16.7. The van der Waals surface area contributed by atoms with E-state index in [1.807, 2.05) is 49.4 Å². The quantitative estimate of drug-likeness (QED) is 0.785. The minimum Gasteiger partial charge on any atom is -0.492 e. The molecule has 1 saturated heterocycles. The molecule has 152 valence electrons. The van der Waals surface area contributed by atoms with Crippen molar-refractivity contribution in [3.05, 3.63) is 48.5 Å². The Hall–Kier alpha value is -3.06. The maximum atomic E-state index is 13.0. The van der Waals surface area contributed by atoms with Crippen LogP contribution in [0, 0.1) is 0 Å². The summed E-state index contributed by atoms with van der Waals surface area (Å²) in [7, 11) is 0. The van der Waals surface area contributed by atoms with Gasteiger partial charge in [-0.25, -0.2) is 0 Å². The molecule has 2 N–H and O–H groups in total. The lowest BCUT2D eigenvalue weighted by Crippen LogP contribution is -3.16. The zero-order valence-electron chi connectivity index (χ0n) is 16.7. The Labute approximate surface area is 170 Å². The highest BCUT2D eigenvalue weighted by Crippen LogP contribution is 2.29. The Morgan fingerprint density at radius 2 is 1.76 bits per heavy atom. The van der Waals surface area contributed by atoms with Crippen LogP contribution in [0.15, 0.2) is 48.5 Å². The number of quaternary nitrogens is 1. The van der Waals surface area contributed by atoms with Crippen molar-refractivity contribution in [3.63, 3.8) is 0 Å². The van der Waals surface area contributed by atoms with Crippen LogP contribution in [-0.4, -0.2) is 57.7 Å². The highest BCUT2D eigenvalue weighted by molar-refractivity contribution is 6.10. The van der Waals surface area contributed by atoms with Gasteiger partial charge in [-0.15, -0.1) is 0 Å². The Kier molecular flexibility index (Phi) is 5.67. The first-order valence-electron chi connectivity index (χ1n) is 10.2. The predicted octanol–water partition coefficient (Wildman–Crippen LogP) is 0.776. The molecule has 0 atom stereocenters. The van der Waals surface area contributed by atoms with Crippen LogP contribution in [0.4, 0.5) is 17.1 Å². The van der Waals surface area contributed by atoms with Crippen LogP contribution in [0.1, 0.15) is 6.92 Å². The molecule has 0 spiro atoms. The van der Waals surface area contributed by atoms with Crippen LogP contribution < -0.4 is 24.8 Å². The number of piperazine rings is 1. The molecule has 0 aromatic heterocycles. The molecule has 2 heterocycles. The summed E-state index contributed by atoms with van der Waals surface area (Å²) in [4.78, 5) is 30.1. The van der Waals surface area contributed by atoms with Crippen molar-refractivity contribution < 1.29 is 19.2 Å².